The molecule has 6 nitrogen and oxygen atoms in total. The Morgan fingerprint density at radius 3 is 2.79 bits per heavy atom. The first-order chi connectivity index (χ1) is 9.17. The summed E-state index contributed by atoms with van der Waals surface area (Å²) in [4.78, 5) is 14.0. The van der Waals surface area contributed by atoms with Crippen LogP contribution in [0, 0.1) is 12.8 Å². The lowest BCUT2D eigenvalue weighted by atomic mass is 9.98. The summed E-state index contributed by atoms with van der Waals surface area (Å²) in [7, 11) is 1.74. The molecule has 1 N–H and O–H groups in total. The predicted molar refractivity (Wildman–Crippen MR) is 74.3 cm³/mol. The number of likely N-dealkylation sites (tertiary alicyclic amines) is 1. The van der Waals surface area contributed by atoms with E-state index in [-0.39, 0.29) is 5.91 Å². The van der Waals surface area contributed by atoms with E-state index in [1.165, 1.54) is 11.3 Å². The van der Waals surface area contributed by atoms with Gasteiger partial charge in [0.05, 0.1) is 6.54 Å². The number of amides is 1. The summed E-state index contributed by atoms with van der Waals surface area (Å²) < 4.78 is 5.17. The molecular formula is C12H20N4O2S. The second-order valence-electron chi connectivity index (χ2n) is 4.85. The Morgan fingerprint density at radius 2 is 2.21 bits per heavy atom. The highest BCUT2D eigenvalue weighted by Crippen LogP contribution is 2.17. The Hall–Kier alpha value is -1.05. The van der Waals surface area contributed by atoms with Gasteiger partial charge in [-0.15, -0.1) is 10.2 Å². The molecule has 106 valence electrons. The number of methoxy groups -OCH3 is 1. The van der Waals surface area contributed by atoms with Crippen LogP contribution in [-0.2, 0) is 9.53 Å². The van der Waals surface area contributed by atoms with E-state index in [1.54, 1.807) is 7.11 Å². The first-order valence-electron chi connectivity index (χ1n) is 6.48. The summed E-state index contributed by atoms with van der Waals surface area (Å²) in [5.74, 6) is 0.622. The van der Waals surface area contributed by atoms with Crippen molar-refractivity contribution in [1.29, 1.82) is 0 Å². The van der Waals surface area contributed by atoms with Crippen LogP contribution in [-0.4, -0.2) is 54.4 Å². The number of aromatic nitrogens is 2. The molecule has 0 aromatic carbocycles. The minimum Gasteiger partial charge on any atom is -0.384 e. The number of rotatable bonds is 5. The highest BCUT2D eigenvalue weighted by molar-refractivity contribution is 7.15. The number of piperidine rings is 1. The van der Waals surface area contributed by atoms with Crippen LogP contribution < -0.4 is 5.32 Å². The van der Waals surface area contributed by atoms with Gasteiger partial charge in [-0.2, -0.15) is 0 Å². The summed E-state index contributed by atoms with van der Waals surface area (Å²) >= 11 is 1.40. The van der Waals surface area contributed by atoms with Crippen LogP contribution >= 0.6 is 11.3 Å². The van der Waals surface area contributed by atoms with Gasteiger partial charge in [0, 0.05) is 13.7 Å². The van der Waals surface area contributed by atoms with Crippen molar-refractivity contribution < 1.29 is 9.53 Å². The highest BCUT2D eigenvalue weighted by Gasteiger charge is 2.20. The van der Waals surface area contributed by atoms with Gasteiger partial charge in [-0.25, -0.2) is 0 Å². The molecule has 0 aliphatic carbocycles. The Morgan fingerprint density at radius 1 is 1.47 bits per heavy atom. The van der Waals surface area contributed by atoms with Crippen LogP contribution in [0.2, 0.25) is 0 Å². The molecule has 0 saturated carbocycles. The first kappa shape index (κ1) is 14.4. The number of hydrogen-bond donors (Lipinski definition) is 1. The van der Waals surface area contributed by atoms with E-state index >= 15 is 0 Å². The fourth-order valence-electron chi connectivity index (χ4n) is 2.26. The highest BCUT2D eigenvalue weighted by atomic mass is 32.1. The molecule has 0 atom stereocenters. The fraction of sp³-hybridized carbons (Fsp3) is 0.750. The number of nitrogens with zero attached hydrogens (tertiary/aromatic N) is 3. The zero-order chi connectivity index (χ0) is 13.7. The molecular weight excluding hydrogens is 264 g/mol. The molecule has 7 heteroatoms. The van der Waals surface area contributed by atoms with Crippen molar-refractivity contribution in [2.45, 2.75) is 19.8 Å². The molecule has 1 aliphatic heterocycles. The van der Waals surface area contributed by atoms with Crippen molar-refractivity contribution in [1.82, 2.24) is 15.1 Å². The molecule has 1 aromatic rings. The zero-order valence-corrected chi connectivity index (χ0v) is 12.2. The average molecular weight is 284 g/mol. The minimum atomic E-state index is -0.0126. The second kappa shape index (κ2) is 6.93. The van der Waals surface area contributed by atoms with Gasteiger partial charge in [-0.05, 0) is 38.8 Å². The molecule has 2 heterocycles. The normalized spacial score (nSPS) is 17.6. The molecule has 0 unspecified atom stereocenters. The van der Waals surface area contributed by atoms with E-state index in [4.69, 9.17) is 4.74 Å². The maximum Gasteiger partial charge on any atom is 0.240 e. The SMILES string of the molecule is COCC1CCN(CC(=O)Nc2nnc(C)s2)CC1. The first-order valence-corrected chi connectivity index (χ1v) is 7.30. The Labute approximate surface area is 117 Å². The van der Waals surface area contributed by atoms with Crippen molar-refractivity contribution in [3.05, 3.63) is 5.01 Å². The maximum absolute atomic E-state index is 11.9. The van der Waals surface area contributed by atoms with Crippen LogP contribution in [0.25, 0.3) is 0 Å². The average Bonchev–Trinajstić information content (AvgIpc) is 2.77. The molecule has 0 spiro atoms. The Kier molecular flexibility index (Phi) is 5.24. The molecule has 1 aliphatic rings. The predicted octanol–water partition coefficient (Wildman–Crippen LogP) is 1.14. The number of carbonyl (C=O) groups excluding carboxylic acids is 1. The molecule has 2 rings (SSSR count). The summed E-state index contributed by atoms with van der Waals surface area (Å²) in [5.41, 5.74) is 0. The summed E-state index contributed by atoms with van der Waals surface area (Å²) in [5, 5.41) is 12.0. The van der Waals surface area contributed by atoms with E-state index in [2.05, 4.69) is 20.4 Å². The second-order valence-corrected chi connectivity index (χ2v) is 6.03. The lowest BCUT2D eigenvalue weighted by molar-refractivity contribution is -0.117. The van der Waals surface area contributed by atoms with E-state index in [0.29, 0.717) is 17.6 Å². The van der Waals surface area contributed by atoms with Crippen molar-refractivity contribution in [3.8, 4) is 0 Å². The monoisotopic (exact) mass is 284 g/mol. The van der Waals surface area contributed by atoms with Crippen LogP contribution in [0.5, 0.6) is 0 Å². The van der Waals surface area contributed by atoms with Gasteiger partial charge < -0.3 is 4.74 Å². The third kappa shape index (κ3) is 4.52. The number of aryl methyl sites for hydroxylation is 1. The summed E-state index contributed by atoms with van der Waals surface area (Å²) in [6.07, 6.45) is 2.19. The number of nitrogens with one attached hydrogen (secondary N) is 1. The summed E-state index contributed by atoms with van der Waals surface area (Å²) in [6, 6.07) is 0. The number of hydrogen-bond acceptors (Lipinski definition) is 6. The maximum atomic E-state index is 11.9. The summed E-state index contributed by atoms with van der Waals surface area (Å²) in [6.45, 7) is 5.03. The van der Waals surface area contributed by atoms with Crippen LogP contribution in [0.15, 0.2) is 0 Å². The molecule has 0 bridgehead atoms. The molecule has 19 heavy (non-hydrogen) atoms. The van der Waals surface area contributed by atoms with Gasteiger partial charge in [-0.1, -0.05) is 11.3 Å². The quantitative estimate of drug-likeness (QED) is 0.878. The third-order valence-corrected chi connectivity index (χ3v) is 4.00. The molecule has 1 aromatic heterocycles. The van der Waals surface area contributed by atoms with Crippen molar-refractivity contribution in [2.75, 3.05) is 38.7 Å². The van der Waals surface area contributed by atoms with E-state index in [1.807, 2.05) is 6.92 Å². The molecule has 0 radical (unpaired) electrons. The largest absolute Gasteiger partial charge is 0.384 e. The number of carbonyl (C=O) groups is 1. The number of ether oxygens (including phenoxy) is 1. The van der Waals surface area contributed by atoms with Crippen molar-refractivity contribution in [3.63, 3.8) is 0 Å². The molecule has 1 saturated heterocycles. The molecule has 1 amide bonds. The van der Waals surface area contributed by atoms with E-state index < -0.39 is 0 Å². The van der Waals surface area contributed by atoms with Gasteiger partial charge >= 0.3 is 0 Å². The standard InChI is InChI=1S/C12H20N4O2S/c1-9-14-15-12(19-9)13-11(17)7-16-5-3-10(4-6-16)8-18-2/h10H,3-8H2,1-2H3,(H,13,15,17). The Bertz CT molecular complexity index is 416. The van der Waals surface area contributed by atoms with E-state index in [9.17, 15) is 4.79 Å². The van der Waals surface area contributed by atoms with Crippen molar-refractivity contribution in [2.24, 2.45) is 5.92 Å². The van der Waals surface area contributed by atoms with Gasteiger partial charge in [0.2, 0.25) is 11.0 Å². The van der Waals surface area contributed by atoms with Gasteiger partial charge in [0.15, 0.2) is 0 Å². The zero-order valence-electron chi connectivity index (χ0n) is 11.4. The number of anilines is 1. The minimum absolute atomic E-state index is 0.0126. The smallest absolute Gasteiger partial charge is 0.240 e. The van der Waals surface area contributed by atoms with Crippen LogP contribution in [0.4, 0.5) is 5.13 Å². The Balaban J connectivity index is 1.71. The van der Waals surface area contributed by atoms with Gasteiger partial charge in [-0.3, -0.25) is 15.0 Å². The van der Waals surface area contributed by atoms with Crippen molar-refractivity contribution >= 4 is 22.4 Å². The van der Waals surface area contributed by atoms with Crippen LogP contribution in [0.1, 0.15) is 17.8 Å². The molecule has 1 fully saturated rings. The van der Waals surface area contributed by atoms with Gasteiger partial charge in [0.1, 0.15) is 5.01 Å². The van der Waals surface area contributed by atoms with Gasteiger partial charge in [0.25, 0.3) is 0 Å². The fourth-order valence-corrected chi connectivity index (χ4v) is 2.86. The van der Waals surface area contributed by atoms with Crippen LogP contribution in [0.3, 0.4) is 0 Å². The lowest BCUT2D eigenvalue weighted by Gasteiger charge is -2.30. The lowest BCUT2D eigenvalue weighted by Crippen LogP contribution is -2.40. The topological polar surface area (TPSA) is 67.3 Å². The third-order valence-electron chi connectivity index (χ3n) is 3.25. The van der Waals surface area contributed by atoms with E-state index in [0.717, 1.165) is 37.5 Å².